The Labute approximate surface area is 176 Å². The molecule has 1 aromatic heterocycles. The quantitative estimate of drug-likeness (QED) is 0.564. The third-order valence-corrected chi connectivity index (χ3v) is 5.84. The molecule has 1 unspecified atom stereocenters. The number of carbonyl (C=O) groups excluding carboxylic acids is 2. The zero-order chi connectivity index (χ0) is 20.5. The zero-order valence-corrected chi connectivity index (χ0v) is 17.5. The van der Waals surface area contributed by atoms with Crippen molar-refractivity contribution in [3.63, 3.8) is 0 Å². The predicted molar refractivity (Wildman–Crippen MR) is 113 cm³/mol. The normalized spacial score (nSPS) is 14.4. The molecular formula is C23H20BrFN2O2. The van der Waals surface area contributed by atoms with Crippen LogP contribution in [0.2, 0.25) is 0 Å². The van der Waals surface area contributed by atoms with Gasteiger partial charge in [-0.05, 0) is 43.0 Å². The molecule has 1 heterocycles. The minimum absolute atomic E-state index is 0.0672. The average molecular weight is 455 g/mol. The number of halogens is 2. The lowest BCUT2D eigenvalue weighted by molar-refractivity contribution is 0.0936. The van der Waals surface area contributed by atoms with Crippen molar-refractivity contribution in [3.05, 3.63) is 92.5 Å². The molecule has 4 nitrogen and oxygen atoms in total. The fourth-order valence-corrected chi connectivity index (χ4v) is 4.26. The van der Waals surface area contributed by atoms with Gasteiger partial charge in [-0.15, -0.1) is 0 Å². The minimum Gasteiger partial charge on any atom is -0.354 e. The van der Waals surface area contributed by atoms with Gasteiger partial charge < -0.3 is 10.3 Å². The molecule has 0 fully saturated rings. The Kier molecular flexibility index (Phi) is 5.37. The highest BCUT2D eigenvalue weighted by molar-refractivity contribution is 9.10. The number of aromatic nitrogens is 1. The van der Waals surface area contributed by atoms with Gasteiger partial charge in [0, 0.05) is 27.7 Å². The molecule has 1 atom stereocenters. The summed E-state index contributed by atoms with van der Waals surface area (Å²) in [7, 11) is 0. The maximum atomic E-state index is 14.7. The monoisotopic (exact) mass is 454 g/mol. The summed E-state index contributed by atoms with van der Waals surface area (Å²) in [4.78, 5) is 28.5. The van der Waals surface area contributed by atoms with Crippen LogP contribution in [0.3, 0.4) is 0 Å². The van der Waals surface area contributed by atoms with Crippen LogP contribution < -0.4 is 5.32 Å². The first kappa shape index (κ1) is 19.6. The molecule has 1 aliphatic carbocycles. The number of aryl methyl sites for hydroxylation is 1. The van der Waals surface area contributed by atoms with Gasteiger partial charge in [-0.2, -0.15) is 0 Å². The van der Waals surface area contributed by atoms with E-state index in [2.05, 4.69) is 26.2 Å². The van der Waals surface area contributed by atoms with E-state index in [1.165, 1.54) is 6.07 Å². The Hall–Kier alpha value is -2.73. The first-order valence-corrected chi connectivity index (χ1v) is 10.3. The van der Waals surface area contributed by atoms with Gasteiger partial charge in [0.1, 0.15) is 11.5 Å². The van der Waals surface area contributed by atoms with Crippen LogP contribution in [0.15, 0.2) is 53.0 Å². The van der Waals surface area contributed by atoms with E-state index in [1.54, 1.807) is 19.1 Å². The number of carbonyl (C=O) groups is 2. The first-order valence-electron chi connectivity index (χ1n) is 9.51. The number of rotatable bonds is 4. The molecule has 1 aliphatic rings. The molecule has 0 aliphatic heterocycles. The van der Waals surface area contributed by atoms with Crippen LogP contribution >= 0.6 is 15.9 Å². The van der Waals surface area contributed by atoms with Crippen molar-refractivity contribution in [2.24, 2.45) is 0 Å². The largest absolute Gasteiger partial charge is 0.354 e. The van der Waals surface area contributed by atoms with Crippen LogP contribution in [0.5, 0.6) is 0 Å². The fraction of sp³-hybridized carbons (Fsp3) is 0.217. The zero-order valence-electron chi connectivity index (χ0n) is 15.9. The maximum Gasteiger partial charge on any atom is 0.268 e. The summed E-state index contributed by atoms with van der Waals surface area (Å²) < 4.78 is 15.3. The summed E-state index contributed by atoms with van der Waals surface area (Å²) in [6, 6.07) is 13.4. The van der Waals surface area contributed by atoms with Gasteiger partial charge in [0.25, 0.3) is 5.91 Å². The van der Waals surface area contributed by atoms with Crippen molar-refractivity contribution in [2.75, 3.05) is 0 Å². The van der Waals surface area contributed by atoms with Crippen molar-refractivity contribution in [3.8, 4) is 0 Å². The van der Waals surface area contributed by atoms with Crippen molar-refractivity contribution in [1.29, 1.82) is 0 Å². The van der Waals surface area contributed by atoms with Crippen LogP contribution in [-0.2, 0) is 6.42 Å². The summed E-state index contributed by atoms with van der Waals surface area (Å²) >= 11 is 3.27. The number of hydrogen-bond donors (Lipinski definition) is 2. The summed E-state index contributed by atoms with van der Waals surface area (Å²) in [6.45, 7) is 1.78. The Morgan fingerprint density at radius 1 is 1.17 bits per heavy atom. The van der Waals surface area contributed by atoms with Gasteiger partial charge in [-0.3, -0.25) is 9.59 Å². The van der Waals surface area contributed by atoms with Crippen LogP contribution in [0, 0.1) is 12.7 Å². The molecule has 6 heteroatoms. The van der Waals surface area contributed by atoms with E-state index < -0.39 is 11.9 Å². The first-order chi connectivity index (χ1) is 14.0. The fourth-order valence-electron chi connectivity index (χ4n) is 3.93. The summed E-state index contributed by atoms with van der Waals surface area (Å²) in [5.74, 6) is -0.704. The molecule has 0 bridgehead atoms. The average Bonchev–Trinajstić information content (AvgIpc) is 3.05. The van der Waals surface area contributed by atoms with E-state index in [4.69, 9.17) is 0 Å². The molecule has 0 saturated heterocycles. The van der Waals surface area contributed by atoms with E-state index in [9.17, 15) is 14.0 Å². The lowest BCUT2D eigenvalue weighted by atomic mass is 9.93. The summed E-state index contributed by atoms with van der Waals surface area (Å²) in [5.41, 5.74) is 3.61. The number of aromatic amines is 1. The van der Waals surface area contributed by atoms with Gasteiger partial charge in [-0.25, -0.2) is 4.39 Å². The highest BCUT2D eigenvalue weighted by Crippen LogP contribution is 2.29. The molecule has 2 N–H and O–H groups in total. The Morgan fingerprint density at radius 3 is 2.62 bits per heavy atom. The number of benzene rings is 2. The molecule has 1 amide bonds. The van der Waals surface area contributed by atoms with E-state index in [0.29, 0.717) is 33.3 Å². The molecule has 0 radical (unpaired) electrons. The van der Waals surface area contributed by atoms with Crippen LogP contribution in [0.25, 0.3) is 0 Å². The molecule has 29 heavy (non-hydrogen) atoms. The lowest BCUT2D eigenvalue weighted by Crippen LogP contribution is -2.30. The van der Waals surface area contributed by atoms with Crippen molar-refractivity contribution in [1.82, 2.24) is 10.3 Å². The molecule has 2 aromatic carbocycles. The number of Topliss-reactive ketones (excluding diaryl/α,β-unsaturated/α-hetero) is 1. The third-order valence-electron chi connectivity index (χ3n) is 5.35. The smallest absolute Gasteiger partial charge is 0.268 e. The summed E-state index contributed by atoms with van der Waals surface area (Å²) in [6.07, 6.45) is 2.03. The number of nitrogens with one attached hydrogen (secondary N) is 2. The second kappa shape index (κ2) is 7.95. The van der Waals surface area contributed by atoms with Gasteiger partial charge in [0.05, 0.1) is 6.04 Å². The predicted octanol–water partition coefficient (Wildman–Crippen LogP) is 5.26. The number of amides is 1. The molecule has 0 saturated carbocycles. The third kappa shape index (κ3) is 3.77. The van der Waals surface area contributed by atoms with Crippen molar-refractivity contribution >= 4 is 27.6 Å². The molecule has 148 valence electrons. The van der Waals surface area contributed by atoms with Gasteiger partial charge in [0.15, 0.2) is 5.78 Å². The Morgan fingerprint density at radius 2 is 1.93 bits per heavy atom. The number of ketones is 1. The highest BCUT2D eigenvalue weighted by atomic mass is 79.9. The number of hydrogen-bond acceptors (Lipinski definition) is 2. The lowest BCUT2D eigenvalue weighted by Gasteiger charge is -2.20. The van der Waals surface area contributed by atoms with Gasteiger partial charge in [0.2, 0.25) is 0 Å². The minimum atomic E-state index is -0.660. The molecule has 3 aromatic rings. The van der Waals surface area contributed by atoms with Crippen LogP contribution in [0.1, 0.15) is 62.1 Å². The second-order valence-corrected chi connectivity index (χ2v) is 8.15. The van der Waals surface area contributed by atoms with E-state index in [0.717, 1.165) is 24.1 Å². The number of fused-ring (bicyclic) bond motifs is 1. The van der Waals surface area contributed by atoms with E-state index in [1.807, 2.05) is 30.3 Å². The number of H-pyrrole nitrogens is 1. The highest BCUT2D eigenvalue weighted by Gasteiger charge is 2.28. The Bertz CT molecular complexity index is 1090. The van der Waals surface area contributed by atoms with E-state index >= 15 is 0 Å². The van der Waals surface area contributed by atoms with Crippen LogP contribution in [-0.4, -0.2) is 16.7 Å². The van der Waals surface area contributed by atoms with Crippen molar-refractivity contribution < 1.29 is 14.0 Å². The standard InChI is InChI=1S/C23H20BrFN2O2/c1-13-20-18(8-5-9-19(20)28)26-21(13)23(29)27-22(14-6-3-2-4-7-14)16-11-10-15(24)12-17(16)25/h2-4,6-7,10-12,22,26H,5,8-9H2,1H3,(H,27,29). The molecular weight excluding hydrogens is 435 g/mol. The van der Waals surface area contributed by atoms with Crippen molar-refractivity contribution in [2.45, 2.75) is 32.2 Å². The maximum absolute atomic E-state index is 14.7. The van der Waals surface area contributed by atoms with Crippen LogP contribution in [0.4, 0.5) is 4.39 Å². The molecule has 0 spiro atoms. The SMILES string of the molecule is Cc1c(C(=O)NC(c2ccccc2)c2ccc(Br)cc2F)[nH]c2c1C(=O)CCC2. The van der Waals surface area contributed by atoms with Gasteiger partial charge in [-0.1, -0.05) is 52.3 Å². The summed E-state index contributed by atoms with van der Waals surface area (Å²) in [5, 5.41) is 2.95. The van der Waals surface area contributed by atoms with E-state index in [-0.39, 0.29) is 11.7 Å². The van der Waals surface area contributed by atoms with Gasteiger partial charge >= 0.3 is 0 Å². The topological polar surface area (TPSA) is 62.0 Å². The second-order valence-electron chi connectivity index (χ2n) is 7.24. The molecule has 4 rings (SSSR count). The Balaban J connectivity index is 1.72.